The molecule has 0 radical (unpaired) electrons. The SMILES string of the molecule is C=CC(=O)Nc1cccc(-c2nc(Nc3cccc(OCCCN4CCN(CCOCOP(=O)(O)O)CC4)c3)ncc2Cl)c1. The maximum absolute atomic E-state index is 11.7. The van der Waals surface area contributed by atoms with Gasteiger partial charge < -0.3 is 34.8 Å². The van der Waals surface area contributed by atoms with E-state index in [1.807, 2.05) is 30.3 Å². The largest absolute Gasteiger partial charge is 0.493 e. The quantitative estimate of drug-likeness (QED) is 0.0764. The van der Waals surface area contributed by atoms with E-state index in [1.54, 1.807) is 18.2 Å². The van der Waals surface area contributed by atoms with Gasteiger partial charge in [-0.2, -0.15) is 0 Å². The molecule has 0 spiro atoms. The van der Waals surface area contributed by atoms with Crippen molar-refractivity contribution in [2.24, 2.45) is 0 Å². The highest BCUT2D eigenvalue weighted by Gasteiger charge is 2.17. The molecule has 2 aromatic carbocycles. The van der Waals surface area contributed by atoms with Crippen molar-refractivity contribution in [1.82, 2.24) is 19.8 Å². The molecule has 4 rings (SSSR count). The van der Waals surface area contributed by atoms with Crippen LogP contribution in [0.25, 0.3) is 11.3 Å². The third kappa shape index (κ3) is 11.3. The van der Waals surface area contributed by atoms with Crippen LogP contribution in [-0.4, -0.2) is 94.7 Å². The van der Waals surface area contributed by atoms with Crippen LogP contribution in [0.15, 0.2) is 67.4 Å². The smallest absolute Gasteiger partial charge is 0.471 e. The second kappa shape index (κ2) is 16.6. The summed E-state index contributed by atoms with van der Waals surface area (Å²) in [6, 6.07) is 14.8. The first-order valence-electron chi connectivity index (χ1n) is 14.0. The number of aromatic nitrogens is 2. The fourth-order valence-electron chi connectivity index (χ4n) is 4.43. The average molecular weight is 647 g/mol. The van der Waals surface area contributed by atoms with Crippen LogP contribution in [-0.2, 0) is 18.6 Å². The van der Waals surface area contributed by atoms with E-state index in [1.165, 1.54) is 12.3 Å². The summed E-state index contributed by atoms with van der Waals surface area (Å²) < 4.78 is 26.1. The Balaban J connectivity index is 1.20. The van der Waals surface area contributed by atoms with E-state index < -0.39 is 14.6 Å². The topological polar surface area (TPSA) is 159 Å². The van der Waals surface area contributed by atoms with Crippen LogP contribution in [0.5, 0.6) is 5.75 Å². The van der Waals surface area contributed by atoms with Crippen molar-refractivity contribution in [2.75, 3.05) is 69.9 Å². The lowest BCUT2D eigenvalue weighted by atomic mass is 10.1. The minimum Gasteiger partial charge on any atom is -0.493 e. The monoisotopic (exact) mass is 646 g/mol. The highest BCUT2D eigenvalue weighted by Crippen LogP contribution is 2.35. The van der Waals surface area contributed by atoms with Crippen LogP contribution in [0.1, 0.15) is 6.42 Å². The second-order valence-electron chi connectivity index (χ2n) is 9.85. The van der Waals surface area contributed by atoms with Crippen LogP contribution in [0.3, 0.4) is 0 Å². The molecule has 1 fully saturated rings. The number of benzene rings is 2. The van der Waals surface area contributed by atoms with Gasteiger partial charge in [-0.05, 0) is 36.8 Å². The molecule has 4 N–H and O–H groups in total. The zero-order valence-corrected chi connectivity index (χ0v) is 25.8. The number of phosphoric acid groups is 1. The van der Waals surface area contributed by atoms with E-state index in [9.17, 15) is 9.36 Å². The van der Waals surface area contributed by atoms with Crippen molar-refractivity contribution in [3.8, 4) is 17.0 Å². The van der Waals surface area contributed by atoms with Crippen molar-refractivity contribution >= 4 is 42.7 Å². The van der Waals surface area contributed by atoms with Gasteiger partial charge in [0.25, 0.3) is 0 Å². The summed E-state index contributed by atoms with van der Waals surface area (Å²) in [4.78, 5) is 42.5. The first-order chi connectivity index (χ1) is 21.2. The van der Waals surface area contributed by atoms with E-state index in [4.69, 9.17) is 30.9 Å². The third-order valence-corrected chi connectivity index (χ3v) is 7.35. The summed E-state index contributed by atoms with van der Waals surface area (Å²) >= 11 is 6.41. The fraction of sp³-hybridized carbons (Fsp3) is 0.345. The number of piperazine rings is 1. The number of nitrogens with zero attached hydrogens (tertiary/aromatic N) is 4. The zero-order valence-electron chi connectivity index (χ0n) is 24.1. The molecule has 2 heterocycles. The summed E-state index contributed by atoms with van der Waals surface area (Å²) in [6.45, 7) is 9.19. The fourth-order valence-corrected chi connectivity index (χ4v) is 4.85. The summed E-state index contributed by atoms with van der Waals surface area (Å²) in [5, 5.41) is 6.31. The lowest BCUT2D eigenvalue weighted by molar-refractivity contribution is -0.111. The molecule has 15 heteroatoms. The molecular weight excluding hydrogens is 611 g/mol. The van der Waals surface area contributed by atoms with Crippen LogP contribution in [0, 0.1) is 0 Å². The average Bonchev–Trinajstić information content (AvgIpc) is 3.00. The third-order valence-electron chi connectivity index (χ3n) is 6.63. The molecule has 1 saturated heterocycles. The molecule has 1 aromatic heterocycles. The van der Waals surface area contributed by atoms with Gasteiger partial charge in [-0.1, -0.05) is 36.4 Å². The van der Waals surface area contributed by atoms with Gasteiger partial charge in [0.05, 0.1) is 30.1 Å². The summed E-state index contributed by atoms with van der Waals surface area (Å²) in [5.74, 6) is 0.778. The number of nitrogens with one attached hydrogen (secondary N) is 2. The number of halogens is 1. The number of carbonyl (C=O) groups is 1. The Kier molecular flexibility index (Phi) is 12.7. The number of phosphoric ester groups is 1. The Morgan fingerprint density at radius 2 is 1.77 bits per heavy atom. The first-order valence-corrected chi connectivity index (χ1v) is 15.9. The predicted molar refractivity (Wildman–Crippen MR) is 168 cm³/mol. The number of hydrogen-bond acceptors (Lipinski definition) is 10. The number of carbonyl (C=O) groups excluding carboxylic acids is 1. The Morgan fingerprint density at radius 1 is 1.05 bits per heavy atom. The van der Waals surface area contributed by atoms with Gasteiger partial charge in [0.2, 0.25) is 11.9 Å². The van der Waals surface area contributed by atoms with Gasteiger partial charge in [-0.25, -0.2) is 14.5 Å². The minimum absolute atomic E-state index is 0.310. The van der Waals surface area contributed by atoms with Crippen molar-refractivity contribution < 1.29 is 33.1 Å². The van der Waals surface area contributed by atoms with Crippen molar-refractivity contribution in [3.05, 3.63) is 72.4 Å². The molecule has 0 bridgehead atoms. The van der Waals surface area contributed by atoms with Gasteiger partial charge >= 0.3 is 7.82 Å². The van der Waals surface area contributed by atoms with E-state index in [0.717, 1.165) is 56.1 Å². The molecule has 13 nitrogen and oxygen atoms in total. The molecule has 1 aliphatic rings. The maximum atomic E-state index is 11.7. The lowest BCUT2D eigenvalue weighted by Gasteiger charge is -2.34. The molecule has 0 saturated carbocycles. The van der Waals surface area contributed by atoms with Gasteiger partial charge in [0.1, 0.15) is 5.75 Å². The molecule has 0 atom stereocenters. The van der Waals surface area contributed by atoms with E-state index in [0.29, 0.717) is 42.1 Å². The molecule has 3 aromatic rings. The number of rotatable bonds is 16. The number of ether oxygens (including phenoxy) is 2. The standard InChI is InChI=1S/C29H36ClN6O7P/c1-2-27(37)32-23-7-3-6-22(18-23)28-26(30)20-31-29(34-28)33-24-8-4-9-25(19-24)42-16-5-10-35-11-13-36(14-12-35)15-17-41-21-43-44(38,39)40/h2-4,6-9,18-20H,1,5,10-17,21H2,(H,32,37)(H,31,33,34)(H2,38,39,40). The lowest BCUT2D eigenvalue weighted by Crippen LogP contribution is -2.47. The number of amides is 1. The Bertz CT molecular complexity index is 1450. The highest BCUT2D eigenvalue weighted by atomic mass is 35.5. The maximum Gasteiger partial charge on any atom is 0.471 e. The molecule has 0 unspecified atom stereocenters. The summed E-state index contributed by atoms with van der Waals surface area (Å²) in [6.07, 6.45) is 3.60. The highest BCUT2D eigenvalue weighted by molar-refractivity contribution is 7.46. The van der Waals surface area contributed by atoms with Crippen LogP contribution >= 0.6 is 19.4 Å². The number of hydrogen-bond donors (Lipinski definition) is 4. The van der Waals surface area contributed by atoms with E-state index >= 15 is 0 Å². The molecule has 1 aliphatic heterocycles. The summed E-state index contributed by atoms with van der Waals surface area (Å²) in [5.41, 5.74) is 2.60. The van der Waals surface area contributed by atoms with Crippen LogP contribution < -0.4 is 15.4 Å². The van der Waals surface area contributed by atoms with Gasteiger partial charge in [-0.15, -0.1) is 0 Å². The normalized spacial score (nSPS) is 14.2. The van der Waals surface area contributed by atoms with E-state index in [2.05, 4.69) is 41.5 Å². The van der Waals surface area contributed by atoms with Gasteiger partial charge in [0, 0.05) is 62.3 Å². The van der Waals surface area contributed by atoms with Gasteiger partial charge in [-0.3, -0.25) is 14.2 Å². The first kappa shape index (κ1) is 33.5. The molecule has 1 amide bonds. The molecular formula is C29H36ClN6O7P. The second-order valence-corrected chi connectivity index (χ2v) is 11.5. The Morgan fingerprint density at radius 3 is 2.52 bits per heavy atom. The van der Waals surface area contributed by atoms with Crippen molar-refractivity contribution in [3.63, 3.8) is 0 Å². The Labute approximate surface area is 261 Å². The minimum atomic E-state index is -4.49. The Hall–Kier alpha value is -3.39. The zero-order chi connectivity index (χ0) is 31.4. The van der Waals surface area contributed by atoms with Crippen molar-refractivity contribution in [1.29, 1.82) is 0 Å². The van der Waals surface area contributed by atoms with E-state index in [-0.39, 0.29) is 5.91 Å². The predicted octanol–water partition coefficient (Wildman–Crippen LogP) is 4.14. The number of anilines is 3. The van der Waals surface area contributed by atoms with Gasteiger partial charge in [0.15, 0.2) is 6.79 Å². The molecule has 236 valence electrons. The van der Waals surface area contributed by atoms with Crippen LogP contribution in [0.4, 0.5) is 17.3 Å². The van der Waals surface area contributed by atoms with Crippen molar-refractivity contribution in [2.45, 2.75) is 6.42 Å². The molecule has 44 heavy (non-hydrogen) atoms. The summed E-state index contributed by atoms with van der Waals surface area (Å²) in [7, 11) is -4.49. The van der Waals surface area contributed by atoms with Crippen LogP contribution in [0.2, 0.25) is 5.02 Å². The molecule has 0 aliphatic carbocycles.